The van der Waals surface area contributed by atoms with E-state index < -0.39 is 0 Å². The van der Waals surface area contributed by atoms with Crippen LogP contribution in [0.2, 0.25) is 0 Å². The summed E-state index contributed by atoms with van der Waals surface area (Å²) < 4.78 is 10.2. The minimum atomic E-state index is -0.379. The number of ether oxygens (including phenoxy) is 2. The first-order valence-corrected chi connectivity index (χ1v) is 8.02. The molecule has 0 aliphatic carbocycles. The molecule has 0 spiro atoms. The van der Waals surface area contributed by atoms with E-state index in [1.54, 1.807) is 24.4 Å². The van der Waals surface area contributed by atoms with Crippen LogP contribution in [0, 0.1) is 6.92 Å². The molecule has 7 nitrogen and oxygen atoms in total. The molecule has 0 aliphatic heterocycles. The molecule has 24 heavy (non-hydrogen) atoms. The van der Waals surface area contributed by atoms with Gasteiger partial charge in [0.05, 0.1) is 32.3 Å². The Kier molecular flexibility index (Phi) is 6.14. The van der Waals surface area contributed by atoms with Crippen molar-refractivity contribution >= 4 is 23.2 Å². The zero-order valence-corrected chi connectivity index (χ0v) is 14.5. The van der Waals surface area contributed by atoms with Crippen LogP contribution in [0.15, 0.2) is 24.4 Å². The van der Waals surface area contributed by atoms with E-state index in [9.17, 15) is 9.59 Å². The molecule has 1 aromatic heterocycles. The lowest BCUT2D eigenvalue weighted by molar-refractivity contribution is -0.120. The van der Waals surface area contributed by atoms with Crippen molar-refractivity contribution in [2.75, 3.05) is 20.8 Å². The topological polar surface area (TPSA) is 89.5 Å². The fourth-order valence-corrected chi connectivity index (χ4v) is 2.67. The summed E-state index contributed by atoms with van der Waals surface area (Å²) in [4.78, 5) is 29.0. The molecule has 2 rings (SSSR count). The number of nitrogens with zero attached hydrogens (tertiary/aromatic N) is 1. The van der Waals surface area contributed by atoms with Crippen molar-refractivity contribution in [1.82, 2.24) is 15.6 Å². The Hall–Kier alpha value is -2.61. The van der Waals surface area contributed by atoms with Crippen molar-refractivity contribution in [3.8, 4) is 11.5 Å². The predicted octanol–water partition coefficient (Wildman–Crippen LogP) is 1.51. The molecule has 0 unspecified atom stereocenters. The van der Waals surface area contributed by atoms with E-state index in [0.717, 1.165) is 9.88 Å². The van der Waals surface area contributed by atoms with E-state index in [-0.39, 0.29) is 18.4 Å². The lowest BCUT2D eigenvalue weighted by atomic mass is 10.2. The van der Waals surface area contributed by atoms with Gasteiger partial charge in [-0.15, -0.1) is 11.3 Å². The second-order valence-corrected chi connectivity index (χ2v) is 6.23. The summed E-state index contributed by atoms with van der Waals surface area (Å²) >= 11 is 1.52. The van der Waals surface area contributed by atoms with Crippen LogP contribution in [0.4, 0.5) is 0 Å². The number of thiazole rings is 1. The van der Waals surface area contributed by atoms with E-state index >= 15 is 0 Å². The maximum Gasteiger partial charge on any atom is 0.251 e. The zero-order chi connectivity index (χ0) is 17.5. The van der Waals surface area contributed by atoms with Gasteiger partial charge in [0.15, 0.2) is 0 Å². The molecule has 2 N–H and O–H groups in total. The van der Waals surface area contributed by atoms with E-state index in [2.05, 4.69) is 15.6 Å². The molecule has 2 aromatic rings. The number of nitrogens with one attached hydrogen (secondary N) is 2. The smallest absolute Gasteiger partial charge is 0.251 e. The second-order valence-electron chi connectivity index (χ2n) is 4.91. The van der Waals surface area contributed by atoms with Crippen molar-refractivity contribution in [1.29, 1.82) is 0 Å². The number of aromatic nitrogens is 1. The van der Waals surface area contributed by atoms with Crippen molar-refractivity contribution in [2.45, 2.75) is 13.5 Å². The number of amides is 2. The van der Waals surface area contributed by atoms with Gasteiger partial charge in [-0.05, 0) is 19.1 Å². The van der Waals surface area contributed by atoms with Gasteiger partial charge in [0.1, 0.15) is 11.5 Å². The molecule has 0 saturated heterocycles. The van der Waals surface area contributed by atoms with Crippen molar-refractivity contribution in [2.24, 2.45) is 0 Å². The molecule has 2 amide bonds. The van der Waals surface area contributed by atoms with Gasteiger partial charge in [0.25, 0.3) is 5.91 Å². The van der Waals surface area contributed by atoms with Crippen molar-refractivity contribution < 1.29 is 19.1 Å². The lowest BCUT2D eigenvalue weighted by Gasteiger charge is -2.09. The van der Waals surface area contributed by atoms with Gasteiger partial charge in [-0.2, -0.15) is 0 Å². The van der Waals surface area contributed by atoms with E-state index in [0.29, 0.717) is 23.6 Å². The highest BCUT2D eigenvalue weighted by atomic mass is 32.1. The Morgan fingerprint density at radius 1 is 1.12 bits per heavy atom. The molecule has 0 radical (unpaired) electrons. The molecule has 0 atom stereocenters. The van der Waals surface area contributed by atoms with E-state index in [4.69, 9.17) is 9.47 Å². The molecule has 1 heterocycles. The Morgan fingerprint density at radius 3 is 2.33 bits per heavy atom. The SMILES string of the molecule is COc1cc(OC)cc(C(=O)NCC(=O)NCc2cnc(C)s2)c1. The number of rotatable bonds is 7. The van der Waals surface area contributed by atoms with Crippen LogP contribution in [0.5, 0.6) is 11.5 Å². The van der Waals surface area contributed by atoms with Crippen molar-refractivity contribution in [3.05, 3.63) is 39.8 Å². The molecule has 128 valence electrons. The normalized spacial score (nSPS) is 10.1. The van der Waals surface area contributed by atoms with Gasteiger partial charge >= 0.3 is 0 Å². The molecular weight excluding hydrogens is 330 g/mol. The maximum absolute atomic E-state index is 12.2. The summed E-state index contributed by atoms with van der Waals surface area (Å²) in [6.07, 6.45) is 1.72. The number of methoxy groups -OCH3 is 2. The summed E-state index contributed by atoms with van der Waals surface area (Å²) in [5, 5.41) is 6.24. The van der Waals surface area contributed by atoms with Gasteiger partial charge in [0, 0.05) is 22.7 Å². The first-order chi connectivity index (χ1) is 11.5. The molecule has 1 aromatic carbocycles. The third-order valence-corrected chi connectivity index (χ3v) is 4.06. The third kappa shape index (κ3) is 4.95. The largest absolute Gasteiger partial charge is 0.497 e. The number of aryl methyl sites for hydroxylation is 1. The van der Waals surface area contributed by atoms with Crippen LogP contribution in [0.25, 0.3) is 0 Å². The van der Waals surface area contributed by atoms with Crippen molar-refractivity contribution in [3.63, 3.8) is 0 Å². The predicted molar refractivity (Wildman–Crippen MR) is 90.6 cm³/mol. The fourth-order valence-electron chi connectivity index (χ4n) is 1.94. The summed E-state index contributed by atoms with van der Waals surface area (Å²) in [6.45, 7) is 2.18. The Morgan fingerprint density at radius 2 is 1.79 bits per heavy atom. The van der Waals surface area contributed by atoms with Crippen LogP contribution in [0.3, 0.4) is 0 Å². The summed E-state index contributed by atoms with van der Waals surface area (Å²) in [6, 6.07) is 4.83. The van der Waals surface area contributed by atoms with Crippen LogP contribution >= 0.6 is 11.3 Å². The highest BCUT2D eigenvalue weighted by molar-refractivity contribution is 7.11. The van der Waals surface area contributed by atoms with Gasteiger partial charge in [-0.25, -0.2) is 4.98 Å². The molecule has 0 bridgehead atoms. The summed E-state index contributed by atoms with van der Waals surface area (Å²) in [5.41, 5.74) is 0.358. The zero-order valence-electron chi connectivity index (χ0n) is 13.7. The van der Waals surface area contributed by atoms with Crippen LogP contribution < -0.4 is 20.1 Å². The van der Waals surface area contributed by atoms with Gasteiger partial charge in [-0.1, -0.05) is 0 Å². The minimum absolute atomic E-state index is 0.115. The average Bonchev–Trinajstić information content (AvgIpc) is 3.02. The Labute approximate surface area is 144 Å². The van der Waals surface area contributed by atoms with Gasteiger partial charge < -0.3 is 20.1 Å². The van der Waals surface area contributed by atoms with Crippen LogP contribution in [-0.4, -0.2) is 37.6 Å². The third-order valence-electron chi connectivity index (χ3n) is 3.15. The highest BCUT2D eigenvalue weighted by Crippen LogP contribution is 2.22. The van der Waals surface area contributed by atoms with E-state index in [1.165, 1.54) is 25.6 Å². The van der Waals surface area contributed by atoms with Gasteiger partial charge in [0.2, 0.25) is 5.91 Å². The number of carbonyl (C=O) groups excluding carboxylic acids is 2. The number of hydrogen-bond acceptors (Lipinski definition) is 6. The molecule has 8 heteroatoms. The minimum Gasteiger partial charge on any atom is -0.497 e. The Balaban J connectivity index is 1.87. The molecule has 0 aliphatic rings. The maximum atomic E-state index is 12.2. The van der Waals surface area contributed by atoms with E-state index in [1.807, 2.05) is 6.92 Å². The number of hydrogen-bond donors (Lipinski definition) is 2. The monoisotopic (exact) mass is 349 g/mol. The van der Waals surface area contributed by atoms with Gasteiger partial charge in [-0.3, -0.25) is 9.59 Å². The molecule has 0 saturated carbocycles. The van der Waals surface area contributed by atoms with Crippen LogP contribution in [-0.2, 0) is 11.3 Å². The summed E-state index contributed by atoms with van der Waals surface area (Å²) in [5.74, 6) is 0.356. The first-order valence-electron chi connectivity index (χ1n) is 7.21. The lowest BCUT2D eigenvalue weighted by Crippen LogP contribution is -2.36. The quantitative estimate of drug-likeness (QED) is 0.791. The second kappa shape index (κ2) is 8.30. The number of benzene rings is 1. The average molecular weight is 349 g/mol. The Bertz CT molecular complexity index is 708. The molecular formula is C16H19N3O4S. The fraction of sp³-hybridized carbons (Fsp3) is 0.312. The highest BCUT2D eigenvalue weighted by Gasteiger charge is 2.11. The first kappa shape index (κ1) is 17.7. The summed E-state index contributed by atoms with van der Waals surface area (Å²) in [7, 11) is 3.01. The number of carbonyl (C=O) groups is 2. The standard InChI is InChI=1S/C16H19N3O4S/c1-10-17-7-14(24-10)8-18-15(20)9-19-16(21)11-4-12(22-2)6-13(5-11)23-3/h4-7H,8-9H2,1-3H3,(H,18,20)(H,19,21). The molecule has 0 fully saturated rings. The van der Waals surface area contributed by atoms with Crippen LogP contribution in [0.1, 0.15) is 20.2 Å².